The highest BCUT2D eigenvalue weighted by Crippen LogP contribution is 2.32. The SMILES string of the molecule is CC(C)(C)c1cc(C(F)(F)F)n2nc(C(=O)NC3CC3)cc2n1. The molecule has 1 amide bonds. The Balaban J connectivity index is 2.13. The van der Waals surface area contributed by atoms with Gasteiger partial charge in [0.1, 0.15) is 5.69 Å². The first-order valence-corrected chi connectivity index (χ1v) is 7.35. The van der Waals surface area contributed by atoms with Gasteiger partial charge in [-0.25, -0.2) is 9.50 Å². The lowest BCUT2D eigenvalue weighted by Crippen LogP contribution is -2.26. The van der Waals surface area contributed by atoms with Crippen LogP contribution in [0.25, 0.3) is 5.65 Å². The molecule has 2 aromatic heterocycles. The molecule has 1 saturated carbocycles. The van der Waals surface area contributed by atoms with Gasteiger partial charge >= 0.3 is 6.18 Å². The molecule has 8 heteroatoms. The summed E-state index contributed by atoms with van der Waals surface area (Å²) in [7, 11) is 0. The Kier molecular flexibility index (Phi) is 3.38. The lowest BCUT2D eigenvalue weighted by molar-refractivity contribution is -0.142. The van der Waals surface area contributed by atoms with Crippen LogP contribution in [0.2, 0.25) is 0 Å². The first-order chi connectivity index (χ1) is 10.6. The van der Waals surface area contributed by atoms with Gasteiger partial charge in [-0.15, -0.1) is 0 Å². The van der Waals surface area contributed by atoms with E-state index in [1.54, 1.807) is 20.8 Å². The van der Waals surface area contributed by atoms with Crippen LogP contribution in [0.3, 0.4) is 0 Å². The van der Waals surface area contributed by atoms with E-state index in [4.69, 9.17) is 0 Å². The fraction of sp³-hybridized carbons (Fsp3) is 0.533. The molecular weight excluding hydrogens is 309 g/mol. The number of fused-ring (bicyclic) bond motifs is 1. The minimum atomic E-state index is -4.59. The van der Waals surface area contributed by atoms with E-state index in [9.17, 15) is 18.0 Å². The maximum Gasteiger partial charge on any atom is 0.433 e. The molecule has 0 aliphatic heterocycles. The van der Waals surface area contributed by atoms with Crippen LogP contribution in [0.4, 0.5) is 13.2 Å². The molecular formula is C15H17F3N4O. The second kappa shape index (κ2) is 4.94. The summed E-state index contributed by atoms with van der Waals surface area (Å²) in [5, 5.41) is 6.52. The standard InChI is InChI=1S/C15H17F3N4O/c1-14(2,3)10-7-11(15(16,17)18)22-12(20-10)6-9(21-22)13(23)19-8-4-5-8/h6-8H,4-5H2,1-3H3,(H,19,23). The Labute approximate surface area is 130 Å². The summed E-state index contributed by atoms with van der Waals surface area (Å²) >= 11 is 0. The highest BCUT2D eigenvalue weighted by Gasteiger charge is 2.37. The summed E-state index contributed by atoms with van der Waals surface area (Å²) in [6.45, 7) is 5.34. The molecule has 0 spiro atoms. The van der Waals surface area contributed by atoms with Crippen molar-refractivity contribution in [2.75, 3.05) is 0 Å². The van der Waals surface area contributed by atoms with Crippen molar-refractivity contribution in [1.82, 2.24) is 19.9 Å². The van der Waals surface area contributed by atoms with Crippen LogP contribution in [0.5, 0.6) is 0 Å². The molecule has 124 valence electrons. The monoisotopic (exact) mass is 326 g/mol. The molecule has 1 aliphatic rings. The fourth-order valence-electron chi connectivity index (χ4n) is 2.16. The molecule has 0 radical (unpaired) electrons. The largest absolute Gasteiger partial charge is 0.433 e. The molecule has 0 unspecified atom stereocenters. The molecule has 1 fully saturated rings. The molecule has 3 rings (SSSR count). The zero-order valence-corrected chi connectivity index (χ0v) is 13.0. The molecule has 0 aromatic carbocycles. The van der Waals surface area contributed by atoms with Crippen molar-refractivity contribution in [3.63, 3.8) is 0 Å². The van der Waals surface area contributed by atoms with Crippen LogP contribution in [0, 0.1) is 0 Å². The molecule has 1 N–H and O–H groups in total. The Morgan fingerprint density at radius 3 is 2.43 bits per heavy atom. The van der Waals surface area contributed by atoms with E-state index in [1.165, 1.54) is 6.07 Å². The normalized spacial score (nSPS) is 15.9. The van der Waals surface area contributed by atoms with Crippen LogP contribution >= 0.6 is 0 Å². The van der Waals surface area contributed by atoms with E-state index < -0.39 is 23.2 Å². The lowest BCUT2D eigenvalue weighted by Gasteiger charge is -2.19. The number of amides is 1. The number of nitrogens with one attached hydrogen (secondary N) is 1. The number of hydrogen-bond donors (Lipinski definition) is 1. The number of alkyl halides is 3. The van der Waals surface area contributed by atoms with Gasteiger partial charge in [0.15, 0.2) is 11.3 Å². The summed E-state index contributed by atoms with van der Waals surface area (Å²) in [5.74, 6) is -0.469. The predicted octanol–water partition coefficient (Wildman–Crippen LogP) is 2.94. The maximum atomic E-state index is 13.3. The van der Waals surface area contributed by atoms with E-state index in [1.807, 2.05) is 0 Å². The van der Waals surface area contributed by atoms with Gasteiger partial charge in [-0.1, -0.05) is 20.8 Å². The Bertz CT molecular complexity index is 769. The highest BCUT2D eigenvalue weighted by atomic mass is 19.4. The average Bonchev–Trinajstić information content (AvgIpc) is 3.11. The van der Waals surface area contributed by atoms with Gasteiger partial charge in [0.25, 0.3) is 5.91 Å². The van der Waals surface area contributed by atoms with Crippen molar-refractivity contribution in [2.24, 2.45) is 0 Å². The van der Waals surface area contributed by atoms with Crippen LogP contribution in [-0.2, 0) is 11.6 Å². The number of carbonyl (C=O) groups excluding carboxylic acids is 1. The smallest absolute Gasteiger partial charge is 0.348 e. The van der Waals surface area contributed by atoms with Crippen molar-refractivity contribution in [3.05, 3.63) is 29.2 Å². The van der Waals surface area contributed by atoms with Gasteiger partial charge in [0.05, 0.1) is 5.69 Å². The van der Waals surface area contributed by atoms with E-state index in [2.05, 4.69) is 15.4 Å². The number of rotatable bonds is 2. The molecule has 5 nitrogen and oxygen atoms in total. The quantitative estimate of drug-likeness (QED) is 0.923. The van der Waals surface area contributed by atoms with Gasteiger partial charge in [-0.3, -0.25) is 4.79 Å². The number of hydrogen-bond acceptors (Lipinski definition) is 3. The van der Waals surface area contributed by atoms with Gasteiger partial charge in [-0.2, -0.15) is 18.3 Å². The van der Waals surface area contributed by atoms with Gasteiger partial charge in [-0.05, 0) is 18.9 Å². The predicted molar refractivity (Wildman–Crippen MR) is 77.2 cm³/mol. The molecule has 2 aromatic rings. The van der Waals surface area contributed by atoms with E-state index in [-0.39, 0.29) is 17.4 Å². The van der Waals surface area contributed by atoms with Crippen molar-refractivity contribution in [3.8, 4) is 0 Å². The van der Waals surface area contributed by atoms with Crippen molar-refractivity contribution < 1.29 is 18.0 Å². The molecule has 1 aliphatic carbocycles. The number of carbonyl (C=O) groups is 1. The van der Waals surface area contributed by atoms with Gasteiger partial charge in [0.2, 0.25) is 0 Å². The zero-order chi connectivity index (χ0) is 17.0. The molecule has 23 heavy (non-hydrogen) atoms. The third-order valence-electron chi connectivity index (χ3n) is 3.63. The van der Waals surface area contributed by atoms with Crippen LogP contribution < -0.4 is 5.32 Å². The molecule has 0 atom stereocenters. The zero-order valence-electron chi connectivity index (χ0n) is 13.0. The van der Waals surface area contributed by atoms with E-state index >= 15 is 0 Å². The summed E-state index contributed by atoms with van der Waals surface area (Å²) in [4.78, 5) is 16.3. The van der Waals surface area contributed by atoms with Gasteiger partial charge in [0, 0.05) is 17.5 Å². The summed E-state index contributed by atoms with van der Waals surface area (Å²) < 4.78 is 40.7. The third-order valence-corrected chi connectivity index (χ3v) is 3.63. The minimum absolute atomic E-state index is 0.0192. The second-order valence-corrected chi connectivity index (χ2v) is 6.82. The Morgan fingerprint density at radius 2 is 1.91 bits per heavy atom. The number of halogens is 3. The first kappa shape index (κ1) is 15.8. The molecule has 0 saturated heterocycles. The van der Waals surface area contributed by atoms with Crippen LogP contribution in [0.1, 0.15) is 55.5 Å². The second-order valence-electron chi connectivity index (χ2n) is 6.82. The lowest BCUT2D eigenvalue weighted by atomic mass is 9.91. The Morgan fingerprint density at radius 1 is 1.26 bits per heavy atom. The summed E-state index contributed by atoms with van der Waals surface area (Å²) in [6, 6.07) is 2.39. The number of aromatic nitrogens is 3. The minimum Gasteiger partial charge on any atom is -0.348 e. The Hall–Kier alpha value is -2.12. The molecule has 2 heterocycles. The topological polar surface area (TPSA) is 59.3 Å². The van der Waals surface area contributed by atoms with Crippen LogP contribution in [-0.4, -0.2) is 26.5 Å². The van der Waals surface area contributed by atoms with Crippen molar-refractivity contribution in [2.45, 2.75) is 51.2 Å². The summed E-state index contributed by atoms with van der Waals surface area (Å²) in [5.41, 5.74) is -1.22. The molecule has 0 bridgehead atoms. The van der Waals surface area contributed by atoms with E-state index in [0.29, 0.717) is 10.2 Å². The van der Waals surface area contributed by atoms with Crippen LogP contribution in [0.15, 0.2) is 12.1 Å². The van der Waals surface area contributed by atoms with E-state index in [0.717, 1.165) is 18.9 Å². The fourth-order valence-corrected chi connectivity index (χ4v) is 2.16. The van der Waals surface area contributed by atoms with Crippen molar-refractivity contribution in [1.29, 1.82) is 0 Å². The van der Waals surface area contributed by atoms with Crippen molar-refractivity contribution >= 4 is 11.6 Å². The number of nitrogens with zero attached hydrogens (tertiary/aromatic N) is 3. The summed E-state index contributed by atoms with van der Waals surface area (Å²) in [6.07, 6.45) is -2.81. The van der Waals surface area contributed by atoms with Gasteiger partial charge < -0.3 is 5.32 Å². The third kappa shape index (κ3) is 3.16. The average molecular weight is 326 g/mol. The first-order valence-electron chi connectivity index (χ1n) is 7.35. The highest BCUT2D eigenvalue weighted by molar-refractivity contribution is 5.93. The maximum absolute atomic E-state index is 13.3.